The number of carbonyl (C=O) groups excluding carboxylic acids is 1. The Morgan fingerprint density at radius 2 is 1.90 bits per heavy atom. The van der Waals surface area contributed by atoms with Gasteiger partial charge in [0.1, 0.15) is 5.69 Å². The number of fused-ring (bicyclic) bond motifs is 1. The highest BCUT2D eigenvalue weighted by Crippen LogP contribution is 2.17. The summed E-state index contributed by atoms with van der Waals surface area (Å²) in [5, 5.41) is 2.37. The van der Waals surface area contributed by atoms with Crippen molar-refractivity contribution in [1.82, 2.24) is 14.9 Å². The summed E-state index contributed by atoms with van der Waals surface area (Å²) >= 11 is 0. The molecule has 0 aliphatic rings. The van der Waals surface area contributed by atoms with Crippen molar-refractivity contribution < 1.29 is 4.79 Å². The highest BCUT2D eigenvalue weighted by Gasteiger charge is 2.13. The van der Waals surface area contributed by atoms with Crippen LogP contribution in [0.5, 0.6) is 0 Å². The summed E-state index contributed by atoms with van der Waals surface area (Å²) in [5.74, 6) is -0.128. The quantitative estimate of drug-likeness (QED) is 0.739. The molecule has 1 aromatic heterocycles. The van der Waals surface area contributed by atoms with Crippen LogP contribution in [-0.2, 0) is 6.54 Å². The molecule has 4 heteroatoms. The molecule has 0 fully saturated rings. The minimum atomic E-state index is -0.128. The van der Waals surface area contributed by atoms with Gasteiger partial charge in [-0.1, -0.05) is 36.4 Å². The van der Waals surface area contributed by atoms with Gasteiger partial charge in [0, 0.05) is 26.0 Å². The highest BCUT2D eigenvalue weighted by molar-refractivity contribution is 5.91. The van der Waals surface area contributed by atoms with E-state index in [0.29, 0.717) is 12.2 Å². The van der Waals surface area contributed by atoms with E-state index in [0.717, 1.165) is 5.56 Å². The van der Waals surface area contributed by atoms with Gasteiger partial charge in [-0.3, -0.25) is 9.78 Å². The molecule has 3 rings (SSSR count). The second-order valence-electron chi connectivity index (χ2n) is 4.93. The first kappa shape index (κ1) is 13.2. The van der Waals surface area contributed by atoms with Gasteiger partial charge in [-0.25, -0.2) is 4.98 Å². The van der Waals surface area contributed by atoms with Crippen LogP contribution in [0.1, 0.15) is 16.1 Å². The van der Waals surface area contributed by atoms with Crippen molar-refractivity contribution in [2.24, 2.45) is 0 Å². The van der Waals surface area contributed by atoms with Crippen LogP contribution >= 0.6 is 0 Å². The van der Waals surface area contributed by atoms with Crippen LogP contribution in [0.25, 0.3) is 10.8 Å². The monoisotopic (exact) mass is 277 g/mol. The Balaban J connectivity index is 1.80. The molecule has 1 heterocycles. The van der Waals surface area contributed by atoms with Crippen molar-refractivity contribution in [3.05, 3.63) is 72.3 Å². The zero-order valence-corrected chi connectivity index (χ0v) is 11.7. The van der Waals surface area contributed by atoms with E-state index in [1.807, 2.05) is 18.2 Å². The molecule has 0 unspecified atom stereocenters. The van der Waals surface area contributed by atoms with E-state index in [2.05, 4.69) is 34.2 Å². The van der Waals surface area contributed by atoms with Gasteiger partial charge in [0.25, 0.3) is 5.91 Å². The lowest BCUT2D eigenvalue weighted by Crippen LogP contribution is -2.27. The molecule has 104 valence electrons. The van der Waals surface area contributed by atoms with E-state index >= 15 is 0 Å². The summed E-state index contributed by atoms with van der Waals surface area (Å²) in [7, 11) is 1.77. The average molecular weight is 277 g/mol. The molecule has 4 nitrogen and oxygen atoms in total. The van der Waals surface area contributed by atoms with Crippen LogP contribution in [-0.4, -0.2) is 27.8 Å². The largest absolute Gasteiger partial charge is 0.336 e. The first-order valence-electron chi connectivity index (χ1n) is 6.73. The van der Waals surface area contributed by atoms with Gasteiger partial charge in [0.15, 0.2) is 0 Å². The third-order valence-electron chi connectivity index (χ3n) is 3.36. The Morgan fingerprint density at radius 1 is 1.10 bits per heavy atom. The number of benzene rings is 2. The lowest BCUT2D eigenvalue weighted by Gasteiger charge is -2.16. The molecule has 0 saturated heterocycles. The molecule has 0 spiro atoms. The lowest BCUT2D eigenvalue weighted by molar-refractivity contribution is 0.0779. The smallest absolute Gasteiger partial charge is 0.274 e. The van der Waals surface area contributed by atoms with Gasteiger partial charge >= 0.3 is 0 Å². The summed E-state index contributed by atoms with van der Waals surface area (Å²) in [6.07, 6.45) is 4.57. The van der Waals surface area contributed by atoms with E-state index < -0.39 is 0 Å². The Hall–Kier alpha value is -2.75. The normalized spacial score (nSPS) is 10.5. The maximum atomic E-state index is 12.2. The average Bonchev–Trinajstić information content (AvgIpc) is 2.55. The van der Waals surface area contributed by atoms with Crippen molar-refractivity contribution in [3.63, 3.8) is 0 Å². The topological polar surface area (TPSA) is 46.1 Å². The summed E-state index contributed by atoms with van der Waals surface area (Å²) < 4.78 is 0. The third kappa shape index (κ3) is 2.89. The Labute approximate surface area is 123 Å². The second-order valence-corrected chi connectivity index (χ2v) is 4.93. The molecule has 0 atom stereocenters. The fourth-order valence-corrected chi connectivity index (χ4v) is 2.29. The third-order valence-corrected chi connectivity index (χ3v) is 3.36. The number of hydrogen-bond donors (Lipinski definition) is 0. The Kier molecular flexibility index (Phi) is 3.60. The van der Waals surface area contributed by atoms with Crippen molar-refractivity contribution in [1.29, 1.82) is 0 Å². The lowest BCUT2D eigenvalue weighted by atomic mass is 10.1. The van der Waals surface area contributed by atoms with Gasteiger partial charge in [0.2, 0.25) is 0 Å². The van der Waals surface area contributed by atoms with E-state index in [1.165, 1.54) is 23.2 Å². The first-order chi connectivity index (χ1) is 10.2. The number of nitrogens with zero attached hydrogens (tertiary/aromatic N) is 3. The van der Waals surface area contributed by atoms with Gasteiger partial charge in [-0.2, -0.15) is 0 Å². The zero-order valence-electron chi connectivity index (χ0n) is 11.7. The summed E-state index contributed by atoms with van der Waals surface area (Å²) in [6.45, 7) is 0.542. The number of aromatic nitrogens is 2. The van der Waals surface area contributed by atoms with Crippen LogP contribution in [0.2, 0.25) is 0 Å². The Morgan fingerprint density at radius 3 is 2.67 bits per heavy atom. The first-order valence-corrected chi connectivity index (χ1v) is 6.73. The fourth-order valence-electron chi connectivity index (χ4n) is 2.29. The van der Waals surface area contributed by atoms with Crippen LogP contribution in [0, 0.1) is 0 Å². The van der Waals surface area contributed by atoms with E-state index in [1.54, 1.807) is 18.1 Å². The summed E-state index contributed by atoms with van der Waals surface area (Å²) in [4.78, 5) is 21.8. The maximum absolute atomic E-state index is 12.2. The minimum Gasteiger partial charge on any atom is -0.336 e. The number of hydrogen-bond acceptors (Lipinski definition) is 3. The van der Waals surface area contributed by atoms with Gasteiger partial charge in [-0.15, -0.1) is 0 Å². The highest BCUT2D eigenvalue weighted by atomic mass is 16.2. The molecule has 3 aromatic rings. The molecule has 0 N–H and O–H groups in total. The van der Waals surface area contributed by atoms with Crippen molar-refractivity contribution in [2.45, 2.75) is 6.54 Å². The van der Waals surface area contributed by atoms with Gasteiger partial charge in [-0.05, 0) is 22.4 Å². The maximum Gasteiger partial charge on any atom is 0.274 e. The fraction of sp³-hybridized carbons (Fsp3) is 0.118. The molecule has 21 heavy (non-hydrogen) atoms. The molecule has 0 aliphatic heterocycles. The van der Waals surface area contributed by atoms with Crippen LogP contribution in [0.15, 0.2) is 61.1 Å². The van der Waals surface area contributed by atoms with Crippen molar-refractivity contribution in [2.75, 3.05) is 7.05 Å². The standard InChI is InChI=1S/C17H15N3O/c1-20(17(21)16-11-18-8-9-19-16)12-13-6-7-14-4-2-3-5-15(14)10-13/h2-11H,12H2,1H3. The molecular formula is C17H15N3O. The number of rotatable bonds is 3. The number of amides is 1. The van der Waals surface area contributed by atoms with Crippen LogP contribution < -0.4 is 0 Å². The molecule has 2 aromatic carbocycles. The van der Waals surface area contributed by atoms with Crippen molar-refractivity contribution in [3.8, 4) is 0 Å². The zero-order chi connectivity index (χ0) is 14.7. The van der Waals surface area contributed by atoms with E-state index in [4.69, 9.17) is 0 Å². The van der Waals surface area contributed by atoms with E-state index in [9.17, 15) is 4.79 Å². The molecule has 0 radical (unpaired) electrons. The summed E-state index contributed by atoms with van der Waals surface area (Å²) in [6, 6.07) is 14.4. The molecule has 0 aliphatic carbocycles. The van der Waals surface area contributed by atoms with Crippen molar-refractivity contribution >= 4 is 16.7 Å². The predicted molar refractivity (Wildman–Crippen MR) is 81.8 cm³/mol. The molecule has 0 saturated carbocycles. The second kappa shape index (κ2) is 5.71. The summed E-state index contributed by atoms with van der Waals surface area (Å²) in [5.41, 5.74) is 1.45. The SMILES string of the molecule is CN(Cc1ccc2ccccc2c1)C(=O)c1cnccn1. The molecule has 1 amide bonds. The van der Waals surface area contributed by atoms with Gasteiger partial charge in [0.05, 0.1) is 6.20 Å². The molecule has 0 bridgehead atoms. The number of carbonyl (C=O) groups is 1. The Bertz CT molecular complexity index is 771. The van der Waals surface area contributed by atoms with E-state index in [-0.39, 0.29) is 5.91 Å². The van der Waals surface area contributed by atoms with Gasteiger partial charge < -0.3 is 4.90 Å². The minimum absolute atomic E-state index is 0.128. The predicted octanol–water partition coefficient (Wildman–Crippen LogP) is 2.90. The van der Waals surface area contributed by atoms with Crippen LogP contribution in [0.4, 0.5) is 0 Å². The van der Waals surface area contributed by atoms with Crippen LogP contribution in [0.3, 0.4) is 0 Å². The molecular weight excluding hydrogens is 262 g/mol.